The summed E-state index contributed by atoms with van der Waals surface area (Å²) in [5.74, 6) is 0.531. The van der Waals surface area contributed by atoms with Gasteiger partial charge in [0.1, 0.15) is 10.6 Å². The van der Waals surface area contributed by atoms with Crippen LogP contribution in [-0.2, 0) is 6.42 Å². The highest BCUT2D eigenvalue weighted by atomic mass is 32.1. The maximum Gasteiger partial charge on any atom is 0.390 e. The molecule has 0 bridgehead atoms. The van der Waals surface area contributed by atoms with Gasteiger partial charge < -0.3 is 10.6 Å². The van der Waals surface area contributed by atoms with Crippen LogP contribution in [-0.4, -0.2) is 29.7 Å². The molecule has 20 heavy (non-hydrogen) atoms. The lowest BCUT2D eigenvalue weighted by Crippen LogP contribution is -2.25. The van der Waals surface area contributed by atoms with E-state index >= 15 is 0 Å². The van der Waals surface area contributed by atoms with Crippen LogP contribution in [0.3, 0.4) is 0 Å². The molecule has 0 unspecified atom stereocenters. The van der Waals surface area contributed by atoms with Gasteiger partial charge in [-0.25, -0.2) is 4.98 Å². The third-order valence-electron chi connectivity index (χ3n) is 2.88. The first-order valence-corrected chi connectivity index (χ1v) is 6.95. The van der Waals surface area contributed by atoms with Crippen molar-refractivity contribution in [3.05, 3.63) is 10.9 Å². The molecule has 4 nitrogen and oxygen atoms in total. The monoisotopic (exact) mass is 304 g/mol. The number of halogens is 3. The van der Waals surface area contributed by atoms with Gasteiger partial charge in [-0.3, -0.25) is 0 Å². The van der Waals surface area contributed by atoms with Gasteiger partial charge in [-0.05, 0) is 12.5 Å². The predicted molar refractivity (Wildman–Crippen MR) is 75.1 cm³/mol. The summed E-state index contributed by atoms with van der Waals surface area (Å²) in [7, 11) is 1.58. The molecule has 0 amide bonds. The smallest absolute Gasteiger partial charge is 0.368 e. The number of nitrogens with two attached hydrogens (primary N) is 1. The van der Waals surface area contributed by atoms with E-state index < -0.39 is 12.6 Å². The third-order valence-corrected chi connectivity index (χ3v) is 4.05. The van der Waals surface area contributed by atoms with E-state index in [4.69, 9.17) is 5.73 Å². The fraction of sp³-hybridized carbons (Fsp3) is 0.500. The minimum atomic E-state index is -4.19. The van der Waals surface area contributed by atoms with Crippen LogP contribution in [0.15, 0.2) is 6.07 Å². The fourth-order valence-electron chi connectivity index (χ4n) is 1.84. The molecule has 2 aromatic rings. The Balaban J connectivity index is 2.34. The molecular formula is C12H15F3N4S. The van der Waals surface area contributed by atoms with E-state index in [1.54, 1.807) is 7.05 Å². The molecule has 0 aromatic carbocycles. The normalized spacial score (nSPS) is 12.1. The summed E-state index contributed by atoms with van der Waals surface area (Å²) < 4.78 is 36.9. The van der Waals surface area contributed by atoms with Crippen molar-refractivity contribution in [2.24, 2.45) is 0 Å². The minimum absolute atomic E-state index is 0.0795. The molecule has 0 spiro atoms. The molecule has 0 fully saturated rings. The van der Waals surface area contributed by atoms with Gasteiger partial charge in [0.25, 0.3) is 0 Å². The number of thiophene rings is 1. The summed E-state index contributed by atoms with van der Waals surface area (Å²) in [6.45, 7) is 1.85. The number of rotatable bonds is 4. The first-order valence-electron chi connectivity index (χ1n) is 6.14. The van der Waals surface area contributed by atoms with Gasteiger partial charge in [0.15, 0.2) is 0 Å². The molecule has 0 atom stereocenters. The molecule has 0 saturated heterocycles. The molecule has 2 heterocycles. The summed E-state index contributed by atoms with van der Waals surface area (Å²) in [5.41, 5.74) is 5.63. The lowest BCUT2D eigenvalue weighted by Gasteiger charge is -2.19. The van der Waals surface area contributed by atoms with Crippen LogP contribution in [0.25, 0.3) is 10.2 Å². The van der Waals surface area contributed by atoms with E-state index in [-0.39, 0.29) is 12.5 Å². The number of aryl methyl sites for hydroxylation is 1. The molecule has 0 aliphatic carbocycles. The quantitative estimate of drug-likeness (QED) is 0.942. The van der Waals surface area contributed by atoms with Crippen LogP contribution >= 0.6 is 11.3 Å². The molecule has 0 radical (unpaired) electrons. The van der Waals surface area contributed by atoms with E-state index in [9.17, 15) is 13.2 Å². The molecule has 2 rings (SSSR count). The zero-order chi connectivity index (χ0) is 14.9. The van der Waals surface area contributed by atoms with E-state index in [0.717, 1.165) is 16.7 Å². The lowest BCUT2D eigenvalue weighted by atomic mass is 10.3. The molecule has 2 aromatic heterocycles. The van der Waals surface area contributed by atoms with Crippen LogP contribution in [0.5, 0.6) is 0 Å². The van der Waals surface area contributed by atoms with Crippen molar-refractivity contribution in [3.63, 3.8) is 0 Å². The SMILES string of the molecule is CCc1cc2c(N(C)CCC(F)(F)F)nc(N)nc2s1. The average molecular weight is 304 g/mol. The zero-order valence-electron chi connectivity index (χ0n) is 11.2. The zero-order valence-corrected chi connectivity index (χ0v) is 12.0. The molecule has 0 saturated carbocycles. The van der Waals surface area contributed by atoms with Crippen LogP contribution in [0.4, 0.5) is 24.9 Å². The Morgan fingerprint density at radius 2 is 2.05 bits per heavy atom. The number of nitrogens with zero attached hydrogens (tertiary/aromatic N) is 3. The second-order valence-corrected chi connectivity index (χ2v) is 5.59. The van der Waals surface area contributed by atoms with Gasteiger partial charge in [0, 0.05) is 18.5 Å². The number of anilines is 2. The topological polar surface area (TPSA) is 55.0 Å². The van der Waals surface area contributed by atoms with Gasteiger partial charge >= 0.3 is 6.18 Å². The van der Waals surface area contributed by atoms with Crippen molar-refractivity contribution in [2.75, 3.05) is 24.2 Å². The first-order chi connectivity index (χ1) is 9.30. The van der Waals surface area contributed by atoms with Crippen molar-refractivity contribution in [2.45, 2.75) is 25.9 Å². The Bertz CT molecular complexity index is 609. The Labute approximate surface area is 118 Å². The average Bonchev–Trinajstić information content (AvgIpc) is 2.76. The highest BCUT2D eigenvalue weighted by Crippen LogP contribution is 2.32. The lowest BCUT2D eigenvalue weighted by molar-refractivity contribution is -0.132. The molecule has 2 N–H and O–H groups in total. The number of hydrogen-bond acceptors (Lipinski definition) is 5. The first kappa shape index (κ1) is 14.8. The van der Waals surface area contributed by atoms with Crippen molar-refractivity contribution >= 4 is 33.3 Å². The van der Waals surface area contributed by atoms with Crippen molar-refractivity contribution in [1.82, 2.24) is 9.97 Å². The Morgan fingerprint density at radius 3 is 2.65 bits per heavy atom. The van der Waals surface area contributed by atoms with Gasteiger partial charge in [-0.1, -0.05) is 6.92 Å². The third kappa shape index (κ3) is 3.30. The number of aromatic nitrogens is 2. The van der Waals surface area contributed by atoms with E-state index in [2.05, 4.69) is 9.97 Å². The molecule has 0 aliphatic rings. The highest BCUT2D eigenvalue weighted by molar-refractivity contribution is 7.18. The summed E-state index contributed by atoms with van der Waals surface area (Å²) in [6.07, 6.45) is -4.23. The highest BCUT2D eigenvalue weighted by Gasteiger charge is 2.27. The summed E-state index contributed by atoms with van der Waals surface area (Å²) in [6, 6.07) is 1.92. The summed E-state index contributed by atoms with van der Waals surface area (Å²) in [5, 5.41) is 0.755. The maximum absolute atomic E-state index is 12.3. The van der Waals surface area contributed by atoms with Gasteiger partial charge in [0.05, 0.1) is 11.8 Å². The second kappa shape index (κ2) is 5.43. The predicted octanol–water partition coefficient (Wildman–Crippen LogP) is 3.22. The van der Waals surface area contributed by atoms with Crippen LogP contribution in [0, 0.1) is 0 Å². The summed E-state index contributed by atoms with van der Waals surface area (Å²) >= 11 is 1.49. The Kier molecular flexibility index (Phi) is 4.03. The van der Waals surface area contributed by atoms with E-state index in [1.807, 2.05) is 13.0 Å². The van der Waals surface area contributed by atoms with Crippen LogP contribution in [0.1, 0.15) is 18.2 Å². The van der Waals surface area contributed by atoms with E-state index in [0.29, 0.717) is 10.6 Å². The van der Waals surface area contributed by atoms with Crippen molar-refractivity contribution < 1.29 is 13.2 Å². The maximum atomic E-state index is 12.3. The molecule has 0 aliphatic heterocycles. The van der Waals surface area contributed by atoms with Gasteiger partial charge in [-0.2, -0.15) is 18.2 Å². The second-order valence-electron chi connectivity index (χ2n) is 4.48. The van der Waals surface area contributed by atoms with Crippen molar-refractivity contribution in [1.29, 1.82) is 0 Å². The number of nitrogen functional groups attached to an aromatic ring is 1. The number of alkyl halides is 3. The number of fused-ring (bicyclic) bond motifs is 1. The largest absolute Gasteiger partial charge is 0.390 e. The fourth-order valence-corrected chi connectivity index (χ4v) is 2.81. The van der Waals surface area contributed by atoms with Crippen LogP contribution < -0.4 is 10.6 Å². The number of hydrogen-bond donors (Lipinski definition) is 1. The Hall–Kier alpha value is -1.57. The minimum Gasteiger partial charge on any atom is -0.368 e. The van der Waals surface area contributed by atoms with Gasteiger partial charge in [-0.15, -0.1) is 11.3 Å². The Morgan fingerprint density at radius 1 is 1.35 bits per heavy atom. The summed E-state index contributed by atoms with van der Waals surface area (Å²) in [4.78, 5) is 11.5. The van der Waals surface area contributed by atoms with Crippen molar-refractivity contribution in [3.8, 4) is 0 Å². The molecule has 8 heteroatoms. The standard InChI is InChI=1S/C12H15F3N4S/c1-3-7-6-8-9(17-11(16)18-10(8)20-7)19(2)5-4-12(13,14)15/h6H,3-5H2,1-2H3,(H2,16,17,18). The molecular weight excluding hydrogens is 289 g/mol. The van der Waals surface area contributed by atoms with Gasteiger partial charge in [0.2, 0.25) is 5.95 Å². The van der Waals surface area contributed by atoms with E-state index in [1.165, 1.54) is 16.2 Å². The molecule has 110 valence electrons. The van der Waals surface area contributed by atoms with Crippen LogP contribution in [0.2, 0.25) is 0 Å².